The van der Waals surface area contributed by atoms with E-state index in [1.807, 2.05) is 26.8 Å². The molecular formula is C29H31ClF3N3O3S. The summed E-state index contributed by atoms with van der Waals surface area (Å²) < 4.78 is 47.8. The van der Waals surface area contributed by atoms with Crippen LogP contribution >= 0.6 is 22.9 Å². The van der Waals surface area contributed by atoms with Crippen molar-refractivity contribution < 1.29 is 27.4 Å². The molecule has 0 unspecified atom stereocenters. The van der Waals surface area contributed by atoms with Gasteiger partial charge in [-0.25, -0.2) is 0 Å². The summed E-state index contributed by atoms with van der Waals surface area (Å²) in [5.41, 5.74) is 3.72. The van der Waals surface area contributed by atoms with Crippen LogP contribution in [0.1, 0.15) is 57.6 Å². The summed E-state index contributed by atoms with van der Waals surface area (Å²) in [5.74, 6) is -0.129. The molecule has 1 saturated carbocycles. The largest absolute Gasteiger partial charge is 0.483 e. The SMILES string of the molecule is CC(C)(C)OC(=O)C1CCC(N2Cc3ccc(-c4nnc(-c5ccc(OCC(F)(F)F)c(Cl)c5)s4)cc3C2)CC1. The first-order chi connectivity index (χ1) is 18.8. The van der Waals surface area contributed by atoms with Crippen molar-refractivity contribution in [2.75, 3.05) is 6.61 Å². The molecular weight excluding hydrogens is 563 g/mol. The van der Waals surface area contributed by atoms with Crippen LogP contribution in [0.3, 0.4) is 0 Å². The maximum absolute atomic E-state index is 12.5. The van der Waals surface area contributed by atoms with Gasteiger partial charge in [0, 0.05) is 30.3 Å². The highest BCUT2D eigenvalue weighted by atomic mass is 35.5. The summed E-state index contributed by atoms with van der Waals surface area (Å²) in [6.07, 6.45) is -0.778. The summed E-state index contributed by atoms with van der Waals surface area (Å²) in [5, 5.41) is 10.1. The van der Waals surface area contributed by atoms with Gasteiger partial charge in [-0.15, -0.1) is 10.2 Å². The molecule has 40 heavy (non-hydrogen) atoms. The topological polar surface area (TPSA) is 64.5 Å². The molecule has 2 aliphatic rings. The zero-order valence-electron chi connectivity index (χ0n) is 22.6. The molecule has 0 saturated heterocycles. The van der Waals surface area contributed by atoms with E-state index in [1.165, 1.54) is 34.6 Å². The second-order valence-electron chi connectivity index (χ2n) is 11.4. The van der Waals surface area contributed by atoms with E-state index >= 15 is 0 Å². The molecule has 2 heterocycles. The lowest BCUT2D eigenvalue weighted by Crippen LogP contribution is -2.37. The van der Waals surface area contributed by atoms with E-state index in [0.29, 0.717) is 16.6 Å². The number of carbonyl (C=O) groups excluding carboxylic acids is 1. The molecule has 214 valence electrons. The Morgan fingerprint density at radius 3 is 2.23 bits per heavy atom. The minimum absolute atomic E-state index is 0.0165. The van der Waals surface area contributed by atoms with Gasteiger partial charge in [0.15, 0.2) is 6.61 Å². The fraction of sp³-hybridized carbons (Fsp3) is 0.483. The maximum atomic E-state index is 12.5. The lowest BCUT2D eigenvalue weighted by Gasteiger charge is -2.34. The first-order valence-electron chi connectivity index (χ1n) is 13.3. The lowest BCUT2D eigenvalue weighted by atomic mass is 9.85. The second kappa shape index (κ2) is 11.3. The van der Waals surface area contributed by atoms with Gasteiger partial charge in [-0.2, -0.15) is 13.2 Å². The van der Waals surface area contributed by atoms with Gasteiger partial charge >= 0.3 is 12.1 Å². The highest BCUT2D eigenvalue weighted by Crippen LogP contribution is 2.38. The van der Waals surface area contributed by atoms with Crippen LogP contribution in [0.25, 0.3) is 21.1 Å². The first kappa shape index (κ1) is 28.8. The molecule has 0 radical (unpaired) electrons. The van der Waals surface area contributed by atoms with Crippen LogP contribution in [-0.4, -0.2) is 45.5 Å². The Bertz CT molecular complexity index is 1380. The standard InChI is InChI=1S/C29H31ClF3N3O3S/c1-28(2,3)39-27(37)17-6-9-22(10-7-17)36-14-20-5-4-18(12-21(20)15-36)25-34-35-26(40-25)19-8-11-24(23(30)13-19)38-16-29(31,32)33/h4-5,8,11-13,17,22H,6-7,9-10,14-16H2,1-3H3. The van der Waals surface area contributed by atoms with Crippen LogP contribution in [0, 0.1) is 5.92 Å². The number of carbonyl (C=O) groups is 1. The Hall–Kier alpha value is -2.69. The molecule has 11 heteroatoms. The number of halogens is 4. The van der Waals surface area contributed by atoms with Crippen molar-refractivity contribution in [3.63, 3.8) is 0 Å². The summed E-state index contributed by atoms with van der Waals surface area (Å²) in [4.78, 5) is 15.0. The number of benzene rings is 2. The van der Waals surface area contributed by atoms with E-state index in [-0.39, 0.29) is 22.7 Å². The molecule has 0 amide bonds. The Balaban J connectivity index is 1.21. The molecule has 3 aromatic rings. The van der Waals surface area contributed by atoms with Gasteiger partial charge in [0.1, 0.15) is 21.4 Å². The monoisotopic (exact) mass is 593 g/mol. The van der Waals surface area contributed by atoms with Crippen LogP contribution in [-0.2, 0) is 22.6 Å². The molecule has 0 spiro atoms. The number of hydrogen-bond donors (Lipinski definition) is 0. The van der Waals surface area contributed by atoms with E-state index in [2.05, 4.69) is 27.2 Å². The van der Waals surface area contributed by atoms with Gasteiger partial charge in [-0.3, -0.25) is 9.69 Å². The normalized spacial score (nSPS) is 19.9. The predicted molar refractivity (Wildman–Crippen MR) is 148 cm³/mol. The number of aromatic nitrogens is 2. The Labute approximate surface area is 240 Å². The molecule has 1 aliphatic heterocycles. The fourth-order valence-electron chi connectivity index (χ4n) is 5.24. The number of esters is 1. The van der Waals surface area contributed by atoms with Crippen molar-refractivity contribution in [3.8, 4) is 26.9 Å². The Morgan fingerprint density at radius 2 is 1.60 bits per heavy atom. The molecule has 1 aromatic heterocycles. The Morgan fingerprint density at radius 1 is 0.975 bits per heavy atom. The zero-order chi connectivity index (χ0) is 28.7. The first-order valence-corrected chi connectivity index (χ1v) is 14.5. The van der Waals surface area contributed by atoms with Crippen LogP contribution in [0.2, 0.25) is 5.02 Å². The quantitative estimate of drug-likeness (QED) is 0.273. The lowest BCUT2D eigenvalue weighted by molar-refractivity contribution is -0.161. The van der Waals surface area contributed by atoms with Gasteiger partial charge in [0.05, 0.1) is 10.9 Å². The predicted octanol–water partition coefficient (Wildman–Crippen LogP) is 7.68. The number of nitrogens with zero attached hydrogens (tertiary/aromatic N) is 3. The zero-order valence-corrected chi connectivity index (χ0v) is 24.1. The Kier molecular flexibility index (Phi) is 8.14. The number of hydrogen-bond acceptors (Lipinski definition) is 7. The number of ether oxygens (including phenoxy) is 2. The third-order valence-electron chi connectivity index (χ3n) is 7.15. The van der Waals surface area contributed by atoms with E-state index in [0.717, 1.165) is 49.3 Å². The van der Waals surface area contributed by atoms with Crippen molar-refractivity contribution in [1.82, 2.24) is 15.1 Å². The summed E-state index contributed by atoms with van der Waals surface area (Å²) in [6.45, 7) is 6.05. The maximum Gasteiger partial charge on any atom is 0.422 e. The molecule has 5 rings (SSSR count). The smallest absolute Gasteiger partial charge is 0.422 e. The van der Waals surface area contributed by atoms with Gasteiger partial charge in [0.2, 0.25) is 0 Å². The molecule has 0 N–H and O–H groups in total. The van der Waals surface area contributed by atoms with Gasteiger partial charge in [-0.1, -0.05) is 35.1 Å². The van der Waals surface area contributed by atoms with E-state index in [4.69, 9.17) is 21.1 Å². The van der Waals surface area contributed by atoms with Crippen LogP contribution in [0.4, 0.5) is 13.2 Å². The van der Waals surface area contributed by atoms with Crippen molar-refractivity contribution in [1.29, 1.82) is 0 Å². The van der Waals surface area contributed by atoms with Gasteiger partial charge in [-0.05, 0) is 81.8 Å². The third kappa shape index (κ3) is 6.95. The van der Waals surface area contributed by atoms with E-state index in [1.54, 1.807) is 6.07 Å². The van der Waals surface area contributed by atoms with Crippen molar-refractivity contribution >= 4 is 28.9 Å². The molecule has 0 bridgehead atoms. The van der Waals surface area contributed by atoms with Gasteiger partial charge < -0.3 is 9.47 Å². The number of alkyl halides is 3. The minimum Gasteiger partial charge on any atom is -0.483 e. The fourth-order valence-corrected chi connectivity index (χ4v) is 6.31. The molecule has 6 nitrogen and oxygen atoms in total. The van der Waals surface area contributed by atoms with Crippen LogP contribution in [0.5, 0.6) is 5.75 Å². The van der Waals surface area contributed by atoms with Crippen molar-refractivity contribution in [2.24, 2.45) is 5.92 Å². The average Bonchev–Trinajstić information content (AvgIpc) is 3.54. The molecule has 0 atom stereocenters. The average molecular weight is 594 g/mol. The van der Waals surface area contributed by atoms with Crippen LogP contribution < -0.4 is 4.74 Å². The third-order valence-corrected chi connectivity index (χ3v) is 8.47. The van der Waals surface area contributed by atoms with Crippen LogP contribution in [0.15, 0.2) is 36.4 Å². The highest BCUT2D eigenvalue weighted by Gasteiger charge is 2.34. The van der Waals surface area contributed by atoms with Gasteiger partial charge in [0.25, 0.3) is 0 Å². The molecule has 1 aliphatic carbocycles. The van der Waals surface area contributed by atoms with Crippen molar-refractivity contribution in [2.45, 2.75) is 77.4 Å². The van der Waals surface area contributed by atoms with E-state index < -0.39 is 18.4 Å². The molecule has 2 aromatic carbocycles. The van der Waals surface area contributed by atoms with Crippen molar-refractivity contribution in [3.05, 3.63) is 52.5 Å². The summed E-state index contributed by atoms with van der Waals surface area (Å²) in [7, 11) is 0. The number of rotatable bonds is 6. The minimum atomic E-state index is -4.44. The molecule has 1 fully saturated rings. The summed E-state index contributed by atoms with van der Waals surface area (Å²) in [6, 6.07) is 11.4. The highest BCUT2D eigenvalue weighted by molar-refractivity contribution is 7.17. The second-order valence-corrected chi connectivity index (χ2v) is 12.8. The number of fused-ring (bicyclic) bond motifs is 1. The summed E-state index contributed by atoms with van der Waals surface area (Å²) >= 11 is 7.55. The van der Waals surface area contributed by atoms with E-state index in [9.17, 15) is 18.0 Å².